The van der Waals surface area contributed by atoms with Crippen LogP contribution in [0.15, 0.2) is 48.0 Å². The van der Waals surface area contributed by atoms with Crippen LogP contribution in [0.2, 0.25) is 0 Å². The number of carbonyl (C=O) groups is 4. The summed E-state index contributed by atoms with van der Waals surface area (Å²) in [6.45, 7) is 1.93. The summed E-state index contributed by atoms with van der Waals surface area (Å²) in [6, 6.07) is 12.3. The SMILES string of the molecule is CCOc1cc(C=C2C(=O)NC(=O)NC2=O)ccc1OCC(=O)Nc1ccc(C23CC4CC(CC(C4)C2)C3)cc1. The Bertz CT molecular complexity index is 1340. The van der Waals surface area contributed by atoms with Gasteiger partial charge in [-0.1, -0.05) is 18.2 Å². The van der Waals surface area contributed by atoms with E-state index in [9.17, 15) is 19.2 Å². The van der Waals surface area contributed by atoms with Gasteiger partial charge in [-0.25, -0.2) is 4.79 Å². The van der Waals surface area contributed by atoms with Crippen molar-refractivity contribution in [1.82, 2.24) is 10.6 Å². The van der Waals surface area contributed by atoms with Crippen molar-refractivity contribution in [1.29, 1.82) is 0 Å². The largest absolute Gasteiger partial charge is 0.490 e. The van der Waals surface area contributed by atoms with Gasteiger partial charge in [-0.15, -0.1) is 0 Å². The summed E-state index contributed by atoms with van der Waals surface area (Å²) in [4.78, 5) is 48.0. The number of benzene rings is 2. The van der Waals surface area contributed by atoms with Gasteiger partial charge >= 0.3 is 6.03 Å². The second-order valence-corrected chi connectivity index (χ2v) is 11.5. The highest BCUT2D eigenvalue weighted by Crippen LogP contribution is 2.60. The van der Waals surface area contributed by atoms with E-state index in [-0.39, 0.29) is 18.1 Å². The van der Waals surface area contributed by atoms with E-state index in [1.54, 1.807) is 18.2 Å². The molecule has 4 aliphatic carbocycles. The number of ether oxygens (including phenoxy) is 2. The van der Waals surface area contributed by atoms with Crippen LogP contribution in [0.5, 0.6) is 11.5 Å². The zero-order valence-electron chi connectivity index (χ0n) is 22.5. The predicted molar refractivity (Wildman–Crippen MR) is 148 cm³/mol. The second-order valence-electron chi connectivity index (χ2n) is 11.5. The molecule has 3 N–H and O–H groups in total. The summed E-state index contributed by atoms with van der Waals surface area (Å²) >= 11 is 0. The number of hydrogen-bond acceptors (Lipinski definition) is 6. The maximum Gasteiger partial charge on any atom is 0.328 e. The van der Waals surface area contributed by atoms with E-state index in [1.807, 2.05) is 29.7 Å². The number of carbonyl (C=O) groups excluding carboxylic acids is 4. The van der Waals surface area contributed by atoms with E-state index in [4.69, 9.17) is 9.47 Å². The third-order valence-electron chi connectivity index (χ3n) is 8.70. The van der Waals surface area contributed by atoms with Crippen molar-refractivity contribution >= 4 is 35.5 Å². The first kappa shape index (κ1) is 26.1. The molecule has 9 nitrogen and oxygen atoms in total. The molecule has 2 aromatic carbocycles. The molecule has 4 saturated carbocycles. The van der Waals surface area contributed by atoms with Crippen LogP contribution in [0.4, 0.5) is 10.5 Å². The Labute approximate surface area is 232 Å². The Morgan fingerprint density at radius 3 is 2.12 bits per heavy atom. The highest BCUT2D eigenvalue weighted by Gasteiger charge is 2.51. The van der Waals surface area contributed by atoms with Gasteiger partial charge in [0.2, 0.25) is 0 Å². The third kappa shape index (κ3) is 5.20. The minimum atomic E-state index is -0.859. The molecule has 1 saturated heterocycles. The van der Waals surface area contributed by atoms with Crippen molar-refractivity contribution in [2.75, 3.05) is 18.5 Å². The number of barbiturate groups is 1. The Morgan fingerprint density at radius 1 is 0.900 bits per heavy atom. The standard InChI is InChI=1S/C31H33N3O6/c1-2-39-26-13-18(12-24-28(36)33-30(38)34-29(24)37)3-8-25(26)40-17-27(35)32-23-6-4-22(5-7-23)31-14-19-9-20(15-31)11-21(10-19)16-31/h3-8,12-13,19-21H,2,9-11,14-17H2,1H3,(H,32,35)(H2,33,34,36,37,38). The highest BCUT2D eigenvalue weighted by molar-refractivity contribution is 6.31. The summed E-state index contributed by atoms with van der Waals surface area (Å²) in [7, 11) is 0. The van der Waals surface area contributed by atoms with E-state index in [2.05, 4.69) is 17.4 Å². The van der Waals surface area contributed by atoms with Crippen LogP contribution >= 0.6 is 0 Å². The molecule has 0 unspecified atom stereocenters. The van der Waals surface area contributed by atoms with Gasteiger partial charge in [-0.05, 0) is 110 Å². The van der Waals surface area contributed by atoms with Crippen LogP contribution < -0.4 is 25.4 Å². The van der Waals surface area contributed by atoms with Gasteiger partial charge in [0, 0.05) is 5.69 Å². The zero-order chi connectivity index (χ0) is 27.9. The van der Waals surface area contributed by atoms with Gasteiger partial charge in [-0.3, -0.25) is 25.0 Å². The van der Waals surface area contributed by atoms with Crippen LogP contribution in [-0.2, 0) is 19.8 Å². The third-order valence-corrected chi connectivity index (χ3v) is 8.70. The number of imide groups is 2. The molecule has 0 atom stereocenters. The van der Waals surface area contributed by atoms with Crippen LogP contribution in [0.3, 0.4) is 0 Å². The Kier molecular flexibility index (Phi) is 6.82. The zero-order valence-corrected chi connectivity index (χ0v) is 22.5. The Morgan fingerprint density at radius 2 is 1.52 bits per heavy atom. The summed E-state index contributed by atoms with van der Waals surface area (Å²) in [5.74, 6) is 1.49. The molecule has 2 aromatic rings. The molecule has 0 radical (unpaired) electrons. The fourth-order valence-corrected chi connectivity index (χ4v) is 7.49. The molecule has 0 spiro atoms. The first-order valence-corrected chi connectivity index (χ1v) is 14.0. The highest BCUT2D eigenvalue weighted by atomic mass is 16.5. The second kappa shape index (κ2) is 10.4. The van der Waals surface area contributed by atoms with Crippen molar-refractivity contribution in [3.8, 4) is 11.5 Å². The van der Waals surface area contributed by atoms with Crippen LogP contribution in [0, 0.1) is 17.8 Å². The van der Waals surface area contributed by atoms with E-state index in [0.29, 0.717) is 29.1 Å². The lowest BCUT2D eigenvalue weighted by molar-refractivity contribution is -0.124. The molecule has 7 rings (SSSR count). The quantitative estimate of drug-likeness (QED) is 0.337. The molecule has 5 amide bonds. The molecule has 1 heterocycles. The Balaban J connectivity index is 1.08. The Hall–Kier alpha value is -4.14. The average Bonchev–Trinajstić information content (AvgIpc) is 2.90. The smallest absolute Gasteiger partial charge is 0.328 e. The summed E-state index contributed by atoms with van der Waals surface area (Å²) < 4.78 is 11.4. The van der Waals surface area contributed by atoms with Gasteiger partial charge in [0.25, 0.3) is 17.7 Å². The number of hydrogen-bond donors (Lipinski definition) is 3. The molecule has 5 aliphatic rings. The monoisotopic (exact) mass is 543 g/mol. The minimum absolute atomic E-state index is 0.204. The van der Waals surface area contributed by atoms with Gasteiger partial charge in [0.15, 0.2) is 18.1 Å². The van der Waals surface area contributed by atoms with Crippen molar-refractivity contribution in [2.24, 2.45) is 17.8 Å². The van der Waals surface area contributed by atoms with E-state index in [0.717, 1.165) is 23.4 Å². The predicted octanol–water partition coefficient (Wildman–Crippen LogP) is 4.32. The normalized spacial score (nSPS) is 26.7. The minimum Gasteiger partial charge on any atom is -0.490 e. The van der Waals surface area contributed by atoms with Crippen molar-refractivity contribution in [3.05, 3.63) is 59.2 Å². The van der Waals surface area contributed by atoms with Gasteiger partial charge in [-0.2, -0.15) is 0 Å². The molecule has 0 aromatic heterocycles. The maximum absolute atomic E-state index is 12.7. The lowest BCUT2D eigenvalue weighted by Gasteiger charge is -2.57. The summed E-state index contributed by atoms with van der Waals surface area (Å²) in [6.07, 6.45) is 9.49. The van der Waals surface area contributed by atoms with E-state index < -0.39 is 17.8 Å². The van der Waals surface area contributed by atoms with Crippen LogP contribution in [-0.4, -0.2) is 37.0 Å². The molecular formula is C31H33N3O6. The molecule has 1 aliphatic heterocycles. The number of amides is 5. The van der Waals surface area contributed by atoms with Gasteiger partial charge in [0.05, 0.1) is 6.61 Å². The molecule has 4 bridgehead atoms. The van der Waals surface area contributed by atoms with E-state index >= 15 is 0 Å². The number of rotatable bonds is 8. The summed E-state index contributed by atoms with van der Waals surface area (Å²) in [5.41, 5.74) is 2.75. The van der Waals surface area contributed by atoms with Crippen molar-refractivity contribution in [3.63, 3.8) is 0 Å². The molecule has 40 heavy (non-hydrogen) atoms. The maximum atomic E-state index is 12.7. The van der Waals surface area contributed by atoms with Crippen molar-refractivity contribution < 1.29 is 28.7 Å². The van der Waals surface area contributed by atoms with E-state index in [1.165, 1.54) is 50.2 Å². The molecular weight excluding hydrogens is 510 g/mol. The fraction of sp³-hybridized carbons (Fsp3) is 0.419. The van der Waals surface area contributed by atoms with Crippen molar-refractivity contribution in [2.45, 2.75) is 50.9 Å². The fourth-order valence-electron chi connectivity index (χ4n) is 7.49. The lowest BCUT2D eigenvalue weighted by Crippen LogP contribution is -2.51. The van der Waals surface area contributed by atoms with Gasteiger partial charge < -0.3 is 14.8 Å². The molecule has 9 heteroatoms. The van der Waals surface area contributed by atoms with Crippen LogP contribution in [0.1, 0.15) is 56.6 Å². The lowest BCUT2D eigenvalue weighted by atomic mass is 9.48. The molecule has 5 fully saturated rings. The number of anilines is 1. The molecule has 208 valence electrons. The number of nitrogens with one attached hydrogen (secondary N) is 3. The first-order chi connectivity index (χ1) is 19.3. The van der Waals surface area contributed by atoms with Gasteiger partial charge in [0.1, 0.15) is 5.57 Å². The van der Waals surface area contributed by atoms with Crippen LogP contribution in [0.25, 0.3) is 6.08 Å². The topological polar surface area (TPSA) is 123 Å². The average molecular weight is 544 g/mol. The number of urea groups is 1. The first-order valence-electron chi connectivity index (χ1n) is 14.0. The summed E-state index contributed by atoms with van der Waals surface area (Å²) in [5, 5.41) is 6.99.